The first-order valence-corrected chi connectivity index (χ1v) is 20.3. The van der Waals surface area contributed by atoms with Gasteiger partial charge in [-0.05, 0) is 83.5 Å². The van der Waals surface area contributed by atoms with Gasteiger partial charge in [-0.2, -0.15) is 0 Å². The summed E-state index contributed by atoms with van der Waals surface area (Å²) in [7, 11) is 1.80. The number of aliphatic hydroxyl groups is 2. The minimum atomic E-state index is -1.54. The van der Waals surface area contributed by atoms with Crippen LogP contribution in [0.25, 0.3) is 0 Å². The number of hydrogen-bond donors (Lipinski definition) is 2. The van der Waals surface area contributed by atoms with E-state index in [1.54, 1.807) is 14.0 Å². The zero-order valence-corrected chi connectivity index (χ0v) is 33.4. The molecule has 10 nitrogen and oxygen atoms in total. The van der Waals surface area contributed by atoms with Gasteiger partial charge in [0, 0.05) is 43.6 Å². The fourth-order valence-electron chi connectivity index (χ4n) is 11.4. The van der Waals surface area contributed by atoms with Crippen LogP contribution in [0.2, 0.25) is 0 Å². The summed E-state index contributed by atoms with van der Waals surface area (Å²) in [5, 5.41) is 21.0. The van der Waals surface area contributed by atoms with Crippen LogP contribution >= 0.6 is 0 Å². The Morgan fingerprint density at radius 2 is 1.59 bits per heavy atom. The normalized spacial score (nSPS) is 54.2. The predicted octanol–water partition coefficient (Wildman–Crippen LogP) is 6.21. The van der Waals surface area contributed by atoms with E-state index in [0.29, 0.717) is 5.92 Å². The summed E-state index contributed by atoms with van der Waals surface area (Å²) in [5.41, 5.74) is -1.05. The summed E-state index contributed by atoms with van der Waals surface area (Å²) in [6.07, 6.45) is 6.79. The van der Waals surface area contributed by atoms with Crippen molar-refractivity contribution in [3.8, 4) is 0 Å². The van der Waals surface area contributed by atoms with Crippen LogP contribution < -0.4 is 0 Å². The van der Waals surface area contributed by atoms with Crippen LogP contribution in [0, 0.1) is 41.4 Å². The molecule has 0 aromatic carbocycles. The van der Waals surface area contributed by atoms with E-state index in [1.165, 1.54) is 0 Å². The summed E-state index contributed by atoms with van der Waals surface area (Å²) in [6.45, 7) is 20.6. The van der Waals surface area contributed by atoms with Gasteiger partial charge in [0.15, 0.2) is 11.6 Å². The average Bonchev–Trinajstić information content (AvgIpc) is 3.75. The van der Waals surface area contributed by atoms with Gasteiger partial charge in [-0.25, -0.2) is 0 Å². The van der Waals surface area contributed by atoms with E-state index in [4.69, 9.17) is 33.2 Å². The minimum Gasteiger partial charge on any atom is -0.391 e. The largest absolute Gasteiger partial charge is 0.391 e. The lowest BCUT2D eigenvalue weighted by Crippen LogP contribution is -2.58. The molecular formula is C41H70O10. The molecule has 6 heterocycles. The van der Waals surface area contributed by atoms with E-state index in [2.05, 4.69) is 48.5 Å². The van der Waals surface area contributed by atoms with Crippen molar-refractivity contribution in [2.24, 2.45) is 41.4 Å². The van der Waals surface area contributed by atoms with E-state index < -0.39 is 29.4 Å². The highest BCUT2D eigenvalue weighted by Gasteiger charge is 2.65. The van der Waals surface area contributed by atoms with E-state index in [9.17, 15) is 15.0 Å². The standard InChI is InChI=1S/C41H70O10/c1-22-12-13-30(46-35(22)27(6)29(8)43)18-31-19-32(45-11)28(7)41(48-31)26(5)20-39(10,51-41)34-14-15-38(9,49-34)37-24(3)17-33(47-37)36-23(2)16-25(4)40(44,21-42)50-36/h22-28,30-37,42,44H,12-21H2,1-11H3/t22-,23-,24-,25-,26+,27-,28+,30+,31+,32+,33+,34+,35+,36-,37+,38-,39-,40-,41?/m0/s1. The first kappa shape index (κ1) is 40.0. The van der Waals surface area contributed by atoms with Crippen LogP contribution in [0.15, 0.2) is 0 Å². The number of ether oxygens (including phenoxy) is 7. The number of Topliss-reactive ketones (excluding diaryl/α,β-unsaturated/α-hetero) is 1. The fourth-order valence-corrected chi connectivity index (χ4v) is 11.4. The number of carbonyl (C=O) groups is 1. The second-order valence-electron chi connectivity index (χ2n) is 18.7. The third kappa shape index (κ3) is 7.26. The van der Waals surface area contributed by atoms with Crippen molar-refractivity contribution >= 4 is 5.78 Å². The molecule has 0 bridgehead atoms. The maximum absolute atomic E-state index is 12.3. The Balaban J connectivity index is 1.13. The zero-order chi connectivity index (χ0) is 37.3. The molecule has 0 aromatic heterocycles. The van der Waals surface area contributed by atoms with Crippen LogP contribution in [0.3, 0.4) is 0 Å². The molecule has 0 amide bonds. The molecule has 6 rings (SSSR count). The summed E-state index contributed by atoms with van der Waals surface area (Å²) in [5.74, 6) is -1.51. The van der Waals surface area contributed by atoms with Crippen molar-refractivity contribution in [2.75, 3.05) is 13.7 Å². The number of aliphatic hydroxyl groups excluding tert-OH is 1. The molecule has 6 fully saturated rings. The molecule has 0 saturated carbocycles. The summed E-state index contributed by atoms with van der Waals surface area (Å²) < 4.78 is 47.3. The van der Waals surface area contributed by atoms with Crippen LogP contribution in [-0.4, -0.2) is 101 Å². The van der Waals surface area contributed by atoms with Crippen molar-refractivity contribution in [2.45, 2.75) is 199 Å². The Labute approximate surface area is 307 Å². The Morgan fingerprint density at radius 1 is 0.863 bits per heavy atom. The van der Waals surface area contributed by atoms with Crippen molar-refractivity contribution in [1.29, 1.82) is 0 Å². The van der Waals surface area contributed by atoms with Gasteiger partial charge < -0.3 is 43.4 Å². The van der Waals surface area contributed by atoms with E-state index >= 15 is 0 Å². The first-order chi connectivity index (χ1) is 23.9. The summed E-state index contributed by atoms with van der Waals surface area (Å²) in [4.78, 5) is 12.3. The molecule has 1 unspecified atom stereocenters. The van der Waals surface area contributed by atoms with Gasteiger partial charge in [-0.15, -0.1) is 0 Å². The molecule has 6 saturated heterocycles. The summed E-state index contributed by atoms with van der Waals surface area (Å²) >= 11 is 0. The maximum atomic E-state index is 12.3. The predicted molar refractivity (Wildman–Crippen MR) is 192 cm³/mol. The number of ketones is 1. The SMILES string of the molecule is CO[C@@H]1C[C@@H](C[C@H]2CC[C@H](C)[C@H]([C@@H](C)C(C)=O)O2)OC2(O[C@](C)([C@H]3CC[C@@](C)([C@@H]4O[C@@H]([C@H]5O[C@@](O)(CO)[C@@H](C)C[C@@H]5C)C[C@@H]4C)O3)C[C@H]2C)[C@@H]1C. The lowest BCUT2D eigenvalue weighted by molar-refractivity contribution is -0.353. The first-order valence-electron chi connectivity index (χ1n) is 20.3. The zero-order valence-electron chi connectivity index (χ0n) is 33.4. The average molecular weight is 723 g/mol. The van der Waals surface area contributed by atoms with Crippen LogP contribution in [0.5, 0.6) is 0 Å². The molecule has 0 radical (unpaired) electrons. The molecule has 6 aliphatic rings. The Hall–Kier alpha value is -0.690. The number of carbonyl (C=O) groups excluding carboxylic acids is 1. The lowest BCUT2D eigenvalue weighted by Gasteiger charge is -2.50. The van der Waals surface area contributed by atoms with Gasteiger partial charge >= 0.3 is 0 Å². The van der Waals surface area contributed by atoms with E-state index in [0.717, 1.165) is 57.8 Å². The third-order valence-electron chi connectivity index (χ3n) is 14.7. The highest BCUT2D eigenvalue weighted by Crippen LogP contribution is 2.57. The molecule has 294 valence electrons. The second kappa shape index (κ2) is 14.8. The van der Waals surface area contributed by atoms with Crippen LogP contribution in [-0.2, 0) is 38.0 Å². The lowest BCUT2D eigenvalue weighted by atomic mass is 9.78. The van der Waals surface area contributed by atoms with E-state index in [1.807, 2.05) is 13.8 Å². The maximum Gasteiger partial charge on any atom is 0.192 e. The molecule has 0 aromatic rings. The number of rotatable bonds is 9. The molecule has 6 aliphatic heterocycles. The monoisotopic (exact) mass is 722 g/mol. The molecule has 19 atom stereocenters. The van der Waals surface area contributed by atoms with Crippen molar-refractivity contribution in [1.82, 2.24) is 0 Å². The van der Waals surface area contributed by atoms with Gasteiger partial charge in [-0.1, -0.05) is 48.5 Å². The van der Waals surface area contributed by atoms with Crippen molar-refractivity contribution < 1.29 is 48.2 Å². The highest BCUT2D eigenvalue weighted by molar-refractivity contribution is 5.78. The Kier molecular flexibility index (Phi) is 11.6. The van der Waals surface area contributed by atoms with Gasteiger partial charge in [0.05, 0.1) is 66.6 Å². The Morgan fingerprint density at radius 3 is 2.25 bits per heavy atom. The molecule has 10 heteroatoms. The highest BCUT2D eigenvalue weighted by atomic mass is 16.7. The van der Waals surface area contributed by atoms with Crippen molar-refractivity contribution in [3.05, 3.63) is 0 Å². The second-order valence-corrected chi connectivity index (χ2v) is 18.7. The van der Waals surface area contributed by atoms with Gasteiger partial charge in [0.1, 0.15) is 5.78 Å². The summed E-state index contributed by atoms with van der Waals surface area (Å²) in [6, 6.07) is 0. The topological polar surface area (TPSA) is 122 Å². The van der Waals surface area contributed by atoms with E-state index in [-0.39, 0.29) is 90.1 Å². The van der Waals surface area contributed by atoms with Gasteiger partial charge in [0.25, 0.3) is 0 Å². The fraction of sp³-hybridized carbons (Fsp3) is 0.976. The minimum absolute atomic E-state index is 0.0155. The number of methoxy groups -OCH3 is 1. The van der Waals surface area contributed by atoms with Crippen LogP contribution in [0.1, 0.15) is 127 Å². The number of hydrogen-bond acceptors (Lipinski definition) is 10. The smallest absolute Gasteiger partial charge is 0.192 e. The molecule has 0 aliphatic carbocycles. The van der Waals surface area contributed by atoms with Gasteiger partial charge in [0.2, 0.25) is 0 Å². The molecular weight excluding hydrogens is 652 g/mol. The molecule has 51 heavy (non-hydrogen) atoms. The van der Waals surface area contributed by atoms with Gasteiger partial charge in [-0.3, -0.25) is 4.79 Å². The molecule has 1 spiro atoms. The van der Waals surface area contributed by atoms with Crippen LogP contribution in [0.4, 0.5) is 0 Å². The Bertz CT molecular complexity index is 1230. The molecule has 2 N–H and O–H groups in total. The quantitative estimate of drug-likeness (QED) is 0.284. The third-order valence-corrected chi connectivity index (χ3v) is 14.7. The van der Waals surface area contributed by atoms with Crippen molar-refractivity contribution in [3.63, 3.8) is 0 Å².